The van der Waals surface area contributed by atoms with Crippen LogP contribution in [0.25, 0.3) is 22.3 Å². The Morgan fingerprint density at radius 2 is 1.54 bits per heavy atom. The molecule has 0 aliphatic carbocycles. The summed E-state index contributed by atoms with van der Waals surface area (Å²) in [5.74, 6) is -0.248. The second-order valence-corrected chi connectivity index (χ2v) is 10.6. The lowest BCUT2D eigenvalue weighted by molar-refractivity contribution is -0.117. The van der Waals surface area contributed by atoms with E-state index in [1.165, 1.54) is 5.56 Å². The number of nitrogens with zero attached hydrogens (tertiary/aromatic N) is 1. The van der Waals surface area contributed by atoms with Crippen LogP contribution in [0.2, 0.25) is 0 Å². The second kappa shape index (κ2) is 12.1. The molecular weight excluding hydrogens is 513 g/mol. The molecule has 1 aliphatic rings. The van der Waals surface area contributed by atoms with Crippen LogP contribution in [0, 0.1) is 0 Å². The lowest BCUT2D eigenvalue weighted by atomic mass is 9.79. The molecule has 0 saturated carbocycles. The molecule has 0 spiro atoms. The average molecular weight is 547 g/mol. The number of benzene rings is 4. The first-order valence-corrected chi connectivity index (χ1v) is 13.8. The monoisotopic (exact) mass is 547 g/mol. The number of rotatable bonds is 7. The van der Waals surface area contributed by atoms with Crippen LogP contribution in [0.5, 0.6) is 0 Å². The van der Waals surface area contributed by atoms with E-state index in [1.807, 2.05) is 44.3 Å². The maximum atomic E-state index is 13.6. The third-order valence-corrected chi connectivity index (χ3v) is 7.64. The Morgan fingerprint density at radius 3 is 2.22 bits per heavy atom. The van der Waals surface area contributed by atoms with E-state index >= 15 is 0 Å². The number of amides is 2. The van der Waals surface area contributed by atoms with Crippen LogP contribution in [-0.2, 0) is 11.3 Å². The smallest absolute Gasteiger partial charge is 0.423 e. The number of anilines is 1. The van der Waals surface area contributed by atoms with E-state index in [0.717, 1.165) is 40.0 Å². The van der Waals surface area contributed by atoms with Crippen molar-refractivity contribution in [3.8, 4) is 22.3 Å². The largest absolute Gasteiger partial charge is 0.488 e. The summed E-state index contributed by atoms with van der Waals surface area (Å²) in [7, 11) is 0.352. The molecule has 41 heavy (non-hydrogen) atoms. The van der Waals surface area contributed by atoms with E-state index in [-0.39, 0.29) is 23.9 Å². The van der Waals surface area contributed by atoms with Crippen LogP contribution in [0.15, 0.2) is 91.0 Å². The molecule has 5 rings (SSSR count). The lowest BCUT2D eigenvalue weighted by Crippen LogP contribution is -2.45. The maximum Gasteiger partial charge on any atom is 0.488 e. The first-order valence-electron chi connectivity index (χ1n) is 13.8. The van der Waals surface area contributed by atoms with Gasteiger partial charge in [-0.05, 0) is 83.5 Å². The summed E-state index contributed by atoms with van der Waals surface area (Å²) in [6, 6.07) is 28.3. The van der Waals surface area contributed by atoms with Gasteiger partial charge in [-0.2, -0.15) is 0 Å². The fourth-order valence-corrected chi connectivity index (χ4v) is 5.64. The highest BCUT2D eigenvalue weighted by molar-refractivity contribution is 6.58. The van der Waals surface area contributed by atoms with Crippen LogP contribution in [0.4, 0.5) is 5.69 Å². The van der Waals surface area contributed by atoms with Gasteiger partial charge < -0.3 is 25.6 Å². The first-order chi connectivity index (χ1) is 19.7. The molecule has 208 valence electrons. The van der Waals surface area contributed by atoms with Gasteiger partial charge in [-0.25, -0.2) is 0 Å². The number of carbonyl (C=O) groups excluding carboxylic acids is 2. The summed E-state index contributed by atoms with van der Waals surface area (Å²) in [5.41, 5.74) is 7.45. The summed E-state index contributed by atoms with van der Waals surface area (Å²) in [5, 5.41) is 25.5. The molecule has 0 unspecified atom stereocenters. The van der Waals surface area contributed by atoms with Crippen LogP contribution in [0.1, 0.15) is 47.8 Å². The first kappa shape index (κ1) is 28.3. The van der Waals surface area contributed by atoms with Crippen molar-refractivity contribution in [2.45, 2.75) is 38.9 Å². The molecule has 0 fully saturated rings. The molecule has 1 aliphatic heterocycles. The molecule has 2 atom stereocenters. The van der Waals surface area contributed by atoms with Gasteiger partial charge in [0.1, 0.15) is 0 Å². The van der Waals surface area contributed by atoms with Gasteiger partial charge in [0.05, 0.1) is 6.04 Å². The number of hydrogen-bond acceptors (Lipinski definition) is 5. The predicted octanol–water partition coefficient (Wildman–Crippen LogP) is 4.04. The van der Waals surface area contributed by atoms with Crippen molar-refractivity contribution in [2.75, 3.05) is 11.9 Å². The molecule has 4 N–H and O–H groups in total. The molecule has 0 aromatic heterocycles. The van der Waals surface area contributed by atoms with Crippen molar-refractivity contribution < 1.29 is 19.6 Å². The van der Waals surface area contributed by atoms with Crippen molar-refractivity contribution >= 4 is 30.1 Å². The van der Waals surface area contributed by atoms with Crippen LogP contribution in [-0.4, -0.2) is 42.1 Å². The molecular formula is C33H34BN3O4. The Balaban J connectivity index is 1.46. The van der Waals surface area contributed by atoms with Gasteiger partial charge in [0, 0.05) is 30.8 Å². The van der Waals surface area contributed by atoms with Gasteiger partial charge in [-0.15, -0.1) is 0 Å². The maximum absolute atomic E-state index is 13.6. The van der Waals surface area contributed by atoms with E-state index in [9.17, 15) is 19.6 Å². The lowest BCUT2D eigenvalue weighted by Gasteiger charge is -2.39. The SMILES string of the molecule is CNCc1ccc(-c2ccc3c(c2)[C@H](NC(=O)c2cccc(-c4cccc(B(O)O)c4)c2)C[C@H](C)N3C(C)=O)cc1. The topological polar surface area (TPSA) is 102 Å². The number of hydrogen-bond donors (Lipinski definition) is 4. The van der Waals surface area contributed by atoms with Crippen molar-refractivity contribution in [1.82, 2.24) is 10.6 Å². The van der Waals surface area contributed by atoms with Gasteiger partial charge in [0.2, 0.25) is 5.91 Å². The Labute approximate surface area is 241 Å². The molecule has 2 amide bonds. The summed E-state index contributed by atoms with van der Waals surface area (Å²) in [6.45, 7) is 4.37. The van der Waals surface area contributed by atoms with Gasteiger partial charge in [-0.3, -0.25) is 9.59 Å². The van der Waals surface area contributed by atoms with E-state index in [4.69, 9.17) is 0 Å². The summed E-state index contributed by atoms with van der Waals surface area (Å²) < 4.78 is 0. The predicted molar refractivity (Wildman–Crippen MR) is 164 cm³/mol. The minimum atomic E-state index is -1.57. The highest BCUT2D eigenvalue weighted by Gasteiger charge is 2.33. The number of carbonyl (C=O) groups is 2. The van der Waals surface area contributed by atoms with E-state index in [1.54, 1.807) is 42.2 Å². The van der Waals surface area contributed by atoms with Gasteiger partial charge in [0.15, 0.2) is 0 Å². The van der Waals surface area contributed by atoms with Gasteiger partial charge in [-0.1, -0.05) is 66.7 Å². The van der Waals surface area contributed by atoms with Gasteiger partial charge >= 0.3 is 7.12 Å². The highest BCUT2D eigenvalue weighted by atomic mass is 16.4. The summed E-state index contributed by atoms with van der Waals surface area (Å²) in [4.78, 5) is 28.0. The molecule has 8 heteroatoms. The van der Waals surface area contributed by atoms with E-state index < -0.39 is 7.12 Å². The molecule has 7 nitrogen and oxygen atoms in total. The van der Waals surface area contributed by atoms with Crippen molar-refractivity contribution in [3.05, 3.63) is 108 Å². The van der Waals surface area contributed by atoms with Crippen LogP contribution < -0.4 is 21.0 Å². The molecule has 4 aromatic carbocycles. The number of fused-ring (bicyclic) bond motifs is 1. The minimum Gasteiger partial charge on any atom is -0.423 e. The van der Waals surface area contributed by atoms with Gasteiger partial charge in [0.25, 0.3) is 5.91 Å². The van der Waals surface area contributed by atoms with Crippen LogP contribution in [0.3, 0.4) is 0 Å². The molecule has 0 radical (unpaired) electrons. The third-order valence-electron chi connectivity index (χ3n) is 7.64. The quantitative estimate of drug-likeness (QED) is 0.262. The summed E-state index contributed by atoms with van der Waals surface area (Å²) >= 11 is 0. The highest BCUT2D eigenvalue weighted by Crippen LogP contribution is 2.40. The average Bonchev–Trinajstić information content (AvgIpc) is 2.97. The van der Waals surface area contributed by atoms with E-state index in [2.05, 4.69) is 41.0 Å². The Hall–Kier alpha value is -4.24. The summed E-state index contributed by atoms with van der Waals surface area (Å²) in [6.07, 6.45) is 0.582. The second-order valence-electron chi connectivity index (χ2n) is 10.6. The van der Waals surface area contributed by atoms with Crippen molar-refractivity contribution in [2.24, 2.45) is 0 Å². The molecule has 4 aromatic rings. The molecule has 0 bridgehead atoms. The Morgan fingerprint density at radius 1 is 0.878 bits per heavy atom. The zero-order chi connectivity index (χ0) is 29.1. The Kier molecular flexibility index (Phi) is 8.35. The molecule has 1 heterocycles. The normalized spacial score (nSPS) is 16.2. The van der Waals surface area contributed by atoms with E-state index in [0.29, 0.717) is 17.4 Å². The fraction of sp³-hybridized carbons (Fsp3) is 0.212. The fourth-order valence-electron chi connectivity index (χ4n) is 5.64. The van der Waals surface area contributed by atoms with Crippen LogP contribution >= 0.6 is 0 Å². The zero-order valence-electron chi connectivity index (χ0n) is 23.5. The van der Waals surface area contributed by atoms with Crippen molar-refractivity contribution in [3.63, 3.8) is 0 Å². The zero-order valence-corrected chi connectivity index (χ0v) is 23.5. The standard InChI is InChI=1S/C33H34BN3O4/c1-21-16-31(36-33(39)28-8-4-6-25(17-28)26-7-5-9-29(18-26)34(40)41)30-19-27(14-15-32(30)37(21)22(2)38)24-12-10-23(11-13-24)20-35-3/h4-15,17-19,21,31,35,40-41H,16,20H2,1-3H3,(H,36,39)/t21-,31+/m0/s1. The minimum absolute atomic E-state index is 0.0318. The van der Waals surface area contributed by atoms with Crippen molar-refractivity contribution in [1.29, 1.82) is 0 Å². The number of nitrogens with one attached hydrogen (secondary N) is 2. The third kappa shape index (κ3) is 6.10. The molecule has 0 saturated heterocycles. The Bertz CT molecular complexity index is 1570.